The van der Waals surface area contributed by atoms with E-state index in [-0.39, 0.29) is 11.7 Å². The molecule has 1 aliphatic rings. The average molecular weight is 349 g/mol. The third-order valence-electron chi connectivity index (χ3n) is 4.86. The lowest BCUT2D eigenvalue weighted by atomic mass is 10.1. The predicted molar refractivity (Wildman–Crippen MR) is 97.9 cm³/mol. The number of fused-ring (bicyclic) bond motifs is 1. The molecule has 26 heavy (non-hydrogen) atoms. The van der Waals surface area contributed by atoms with E-state index in [1.807, 2.05) is 35.9 Å². The molecular weight excluding hydrogens is 329 g/mol. The molecule has 0 atom stereocenters. The van der Waals surface area contributed by atoms with E-state index in [4.69, 9.17) is 0 Å². The van der Waals surface area contributed by atoms with Gasteiger partial charge in [-0.25, -0.2) is 9.07 Å². The first kappa shape index (κ1) is 16.5. The van der Waals surface area contributed by atoms with Gasteiger partial charge in [0, 0.05) is 17.8 Å². The maximum atomic E-state index is 13.0. The highest BCUT2D eigenvalue weighted by Crippen LogP contribution is 2.28. The van der Waals surface area contributed by atoms with Gasteiger partial charge in [0.1, 0.15) is 5.82 Å². The van der Waals surface area contributed by atoms with Crippen molar-refractivity contribution in [1.29, 1.82) is 0 Å². The number of benzene rings is 2. The number of nitrogens with one attached hydrogen (secondary N) is 1. The summed E-state index contributed by atoms with van der Waals surface area (Å²) in [6.45, 7) is 2.40. The van der Waals surface area contributed by atoms with Gasteiger partial charge in [-0.3, -0.25) is 4.79 Å². The molecule has 0 radical (unpaired) electrons. The van der Waals surface area contributed by atoms with Crippen LogP contribution in [0.25, 0.3) is 5.69 Å². The zero-order valence-corrected chi connectivity index (χ0v) is 14.6. The fourth-order valence-electron chi connectivity index (χ4n) is 3.49. The molecule has 4 nitrogen and oxygen atoms in total. The third kappa shape index (κ3) is 3.01. The van der Waals surface area contributed by atoms with Crippen LogP contribution in [-0.2, 0) is 19.4 Å². The molecule has 1 amide bonds. The van der Waals surface area contributed by atoms with Crippen LogP contribution in [0, 0.1) is 12.7 Å². The van der Waals surface area contributed by atoms with E-state index in [1.54, 1.807) is 12.1 Å². The number of carbonyl (C=O) groups excluding carboxylic acids is 1. The van der Waals surface area contributed by atoms with Crippen LogP contribution in [0.1, 0.15) is 39.3 Å². The summed E-state index contributed by atoms with van der Waals surface area (Å²) < 4.78 is 14.9. The SMILES string of the molecule is Cc1ccccc1-n1nc(C(=O)NCc2ccc(F)cc2)c2c1CCC2. The Kier molecular flexibility index (Phi) is 4.29. The summed E-state index contributed by atoms with van der Waals surface area (Å²) in [7, 11) is 0. The zero-order chi connectivity index (χ0) is 18.1. The number of hydrogen-bond acceptors (Lipinski definition) is 2. The monoisotopic (exact) mass is 349 g/mol. The van der Waals surface area contributed by atoms with Crippen molar-refractivity contribution in [2.75, 3.05) is 0 Å². The molecule has 0 saturated heterocycles. The summed E-state index contributed by atoms with van der Waals surface area (Å²) >= 11 is 0. The van der Waals surface area contributed by atoms with Gasteiger partial charge in [0.2, 0.25) is 0 Å². The maximum Gasteiger partial charge on any atom is 0.272 e. The van der Waals surface area contributed by atoms with E-state index in [0.29, 0.717) is 12.2 Å². The minimum atomic E-state index is -0.283. The number of nitrogens with zero attached hydrogens (tertiary/aromatic N) is 2. The average Bonchev–Trinajstić information content (AvgIpc) is 3.24. The van der Waals surface area contributed by atoms with E-state index in [2.05, 4.69) is 10.4 Å². The summed E-state index contributed by atoms with van der Waals surface area (Å²) in [5, 5.41) is 7.54. The molecule has 0 aliphatic heterocycles. The van der Waals surface area contributed by atoms with E-state index in [0.717, 1.165) is 47.3 Å². The summed E-state index contributed by atoms with van der Waals surface area (Å²) in [5.41, 5.74) is 5.68. The summed E-state index contributed by atoms with van der Waals surface area (Å²) in [6.07, 6.45) is 2.85. The summed E-state index contributed by atoms with van der Waals surface area (Å²) in [6, 6.07) is 14.2. The Morgan fingerprint density at radius 2 is 1.92 bits per heavy atom. The van der Waals surface area contributed by atoms with Gasteiger partial charge in [-0.05, 0) is 55.5 Å². The highest BCUT2D eigenvalue weighted by Gasteiger charge is 2.27. The maximum absolute atomic E-state index is 13.0. The molecular formula is C21H20FN3O. The van der Waals surface area contributed by atoms with Crippen LogP contribution in [0.2, 0.25) is 0 Å². The molecule has 1 aliphatic carbocycles. The minimum absolute atomic E-state index is 0.181. The molecule has 0 fully saturated rings. The van der Waals surface area contributed by atoms with Crippen LogP contribution < -0.4 is 5.32 Å². The van der Waals surface area contributed by atoms with E-state index < -0.39 is 0 Å². The number of hydrogen-bond donors (Lipinski definition) is 1. The molecule has 0 spiro atoms. The van der Waals surface area contributed by atoms with Crippen molar-refractivity contribution in [2.45, 2.75) is 32.7 Å². The van der Waals surface area contributed by atoms with Gasteiger partial charge < -0.3 is 5.32 Å². The quantitative estimate of drug-likeness (QED) is 0.780. The minimum Gasteiger partial charge on any atom is -0.347 e. The third-order valence-corrected chi connectivity index (χ3v) is 4.86. The highest BCUT2D eigenvalue weighted by molar-refractivity contribution is 5.94. The molecule has 0 saturated carbocycles. The zero-order valence-electron chi connectivity index (χ0n) is 14.6. The van der Waals surface area contributed by atoms with Crippen LogP contribution in [0.3, 0.4) is 0 Å². The standard InChI is InChI=1S/C21H20FN3O/c1-14-5-2-3-7-18(14)25-19-8-4-6-17(19)20(24-25)21(26)23-13-15-9-11-16(22)12-10-15/h2-3,5,7,9-12H,4,6,8,13H2,1H3,(H,23,26). The molecule has 2 aromatic carbocycles. The van der Waals surface area contributed by atoms with Gasteiger partial charge >= 0.3 is 0 Å². The number of aromatic nitrogens is 2. The Morgan fingerprint density at radius 1 is 1.15 bits per heavy atom. The van der Waals surface area contributed by atoms with Gasteiger partial charge in [0.05, 0.1) is 5.69 Å². The summed E-state index contributed by atoms with van der Waals surface area (Å²) in [5.74, 6) is -0.463. The number of aryl methyl sites for hydroxylation is 1. The summed E-state index contributed by atoms with van der Waals surface area (Å²) in [4.78, 5) is 12.7. The molecule has 0 bridgehead atoms. The largest absolute Gasteiger partial charge is 0.347 e. The van der Waals surface area contributed by atoms with Crippen LogP contribution in [0.5, 0.6) is 0 Å². The van der Waals surface area contributed by atoms with Crippen molar-refractivity contribution in [3.8, 4) is 5.69 Å². The van der Waals surface area contributed by atoms with Crippen molar-refractivity contribution >= 4 is 5.91 Å². The van der Waals surface area contributed by atoms with Gasteiger partial charge in [0.15, 0.2) is 5.69 Å². The van der Waals surface area contributed by atoms with Crippen molar-refractivity contribution in [1.82, 2.24) is 15.1 Å². The first-order chi connectivity index (χ1) is 12.6. The van der Waals surface area contributed by atoms with Crippen LogP contribution >= 0.6 is 0 Å². The highest BCUT2D eigenvalue weighted by atomic mass is 19.1. The Labute approximate surface area is 151 Å². The van der Waals surface area contributed by atoms with Gasteiger partial charge in [0.25, 0.3) is 5.91 Å². The lowest BCUT2D eigenvalue weighted by Crippen LogP contribution is -2.24. The number of amides is 1. The smallest absolute Gasteiger partial charge is 0.272 e. The van der Waals surface area contributed by atoms with E-state index >= 15 is 0 Å². The second kappa shape index (κ2) is 6.75. The van der Waals surface area contributed by atoms with Crippen molar-refractivity contribution in [3.05, 3.63) is 82.4 Å². The lowest BCUT2D eigenvalue weighted by Gasteiger charge is -2.08. The molecule has 4 rings (SSSR count). The van der Waals surface area contributed by atoms with Crippen molar-refractivity contribution < 1.29 is 9.18 Å². The molecule has 5 heteroatoms. The first-order valence-corrected chi connectivity index (χ1v) is 8.83. The van der Waals surface area contributed by atoms with Gasteiger partial charge in [-0.15, -0.1) is 0 Å². The molecule has 0 unspecified atom stereocenters. The number of carbonyl (C=O) groups is 1. The second-order valence-corrected chi connectivity index (χ2v) is 6.63. The number of para-hydroxylation sites is 1. The van der Waals surface area contributed by atoms with Gasteiger partial charge in [-0.1, -0.05) is 30.3 Å². The topological polar surface area (TPSA) is 46.9 Å². The molecule has 1 heterocycles. The Balaban J connectivity index is 1.61. The number of rotatable bonds is 4. The van der Waals surface area contributed by atoms with Crippen molar-refractivity contribution in [3.63, 3.8) is 0 Å². The fourth-order valence-corrected chi connectivity index (χ4v) is 3.49. The number of halogens is 1. The molecule has 1 aromatic heterocycles. The molecule has 1 N–H and O–H groups in total. The van der Waals surface area contributed by atoms with Crippen LogP contribution in [0.4, 0.5) is 4.39 Å². The predicted octanol–water partition coefficient (Wildman–Crippen LogP) is 3.74. The Morgan fingerprint density at radius 3 is 2.69 bits per heavy atom. The second-order valence-electron chi connectivity index (χ2n) is 6.63. The Bertz CT molecular complexity index is 960. The molecule has 132 valence electrons. The molecule has 3 aromatic rings. The van der Waals surface area contributed by atoms with Crippen LogP contribution in [0.15, 0.2) is 48.5 Å². The van der Waals surface area contributed by atoms with Crippen molar-refractivity contribution in [2.24, 2.45) is 0 Å². The van der Waals surface area contributed by atoms with Crippen LogP contribution in [-0.4, -0.2) is 15.7 Å². The first-order valence-electron chi connectivity index (χ1n) is 8.83. The van der Waals surface area contributed by atoms with Gasteiger partial charge in [-0.2, -0.15) is 5.10 Å². The van der Waals surface area contributed by atoms with E-state index in [9.17, 15) is 9.18 Å². The fraction of sp³-hybridized carbons (Fsp3) is 0.238. The van der Waals surface area contributed by atoms with E-state index in [1.165, 1.54) is 12.1 Å². The Hall–Kier alpha value is -2.95. The lowest BCUT2D eigenvalue weighted by molar-refractivity contribution is 0.0944. The normalized spacial score (nSPS) is 12.8.